The molecule has 23 heavy (non-hydrogen) atoms. The first kappa shape index (κ1) is 18.2. The van der Waals surface area contributed by atoms with E-state index < -0.39 is 0 Å². The van der Waals surface area contributed by atoms with E-state index in [0.29, 0.717) is 29.1 Å². The molecule has 0 spiro atoms. The summed E-state index contributed by atoms with van der Waals surface area (Å²) < 4.78 is 0. The average Bonchev–Trinajstić information content (AvgIpc) is 2.84. The van der Waals surface area contributed by atoms with Gasteiger partial charge in [0.2, 0.25) is 5.91 Å². The van der Waals surface area contributed by atoms with Gasteiger partial charge in [-0.2, -0.15) is 0 Å². The lowest BCUT2D eigenvalue weighted by Gasteiger charge is -2.24. The molecule has 4 nitrogen and oxygen atoms in total. The number of amides is 1. The fraction of sp³-hybridized carbons (Fsp3) is 0.529. The Hall–Kier alpha value is -1.10. The van der Waals surface area contributed by atoms with E-state index in [2.05, 4.69) is 5.32 Å². The zero-order chi connectivity index (χ0) is 15.5. The first-order valence-corrected chi connectivity index (χ1v) is 8.32. The van der Waals surface area contributed by atoms with Crippen LogP contribution in [0.1, 0.15) is 42.5 Å². The van der Waals surface area contributed by atoms with Gasteiger partial charge in [-0.3, -0.25) is 9.59 Å². The van der Waals surface area contributed by atoms with E-state index in [-0.39, 0.29) is 30.5 Å². The van der Waals surface area contributed by atoms with Gasteiger partial charge >= 0.3 is 0 Å². The Balaban J connectivity index is 0.00000192. The second-order valence-corrected chi connectivity index (χ2v) is 6.63. The Labute approximate surface area is 148 Å². The normalized spacial score (nSPS) is 23.1. The number of nitrogens with one attached hydrogen (secondary N) is 1. The zero-order valence-electron chi connectivity index (χ0n) is 13.0. The average molecular weight is 357 g/mol. The van der Waals surface area contributed by atoms with Crippen LogP contribution in [0, 0.1) is 0 Å². The molecule has 0 aromatic heterocycles. The first-order chi connectivity index (χ1) is 10.6. The van der Waals surface area contributed by atoms with Crippen LogP contribution >= 0.6 is 24.0 Å². The molecular weight excluding hydrogens is 335 g/mol. The minimum Gasteiger partial charge on any atom is -0.341 e. The Bertz CT molecular complexity index is 562. The summed E-state index contributed by atoms with van der Waals surface area (Å²) in [6.07, 6.45) is 3.95. The largest absolute Gasteiger partial charge is 0.341 e. The van der Waals surface area contributed by atoms with E-state index in [1.54, 1.807) is 24.3 Å². The number of carbonyl (C=O) groups is 2. The van der Waals surface area contributed by atoms with Crippen molar-refractivity contribution in [3.63, 3.8) is 0 Å². The molecule has 2 aliphatic heterocycles. The van der Waals surface area contributed by atoms with Gasteiger partial charge < -0.3 is 10.2 Å². The number of halogens is 2. The van der Waals surface area contributed by atoms with Crippen molar-refractivity contribution in [2.45, 2.75) is 44.2 Å². The second-order valence-electron chi connectivity index (χ2n) is 6.20. The predicted molar refractivity (Wildman–Crippen MR) is 93.4 cm³/mol. The van der Waals surface area contributed by atoms with Crippen LogP contribution in [-0.2, 0) is 4.79 Å². The number of carbonyl (C=O) groups excluding carboxylic acids is 2. The number of hydrogen-bond acceptors (Lipinski definition) is 3. The Morgan fingerprint density at radius 1 is 1.09 bits per heavy atom. The van der Waals surface area contributed by atoms with E-state index in [4.69, 9.17) is 11.6 Å². The zero-order valence-corrected chi connectivity index (χ0v) is 14.5. The van der Waals surface area contributed by atoms with Gasteiger partial charge in [0, 0.05) is 48.6 Å². The monoisotopic (exact) mass is 356 g/mol. The van der Waals surface area contributed by atoms with E-state index in [1.807, 2.05) is 4.90 Å². The van der Waals surface area contributed by atoms with Crippen molar-refractivity contribution in [2.75, 3.05) is 13.1 Å². The molecule has 2 unspecified atom stereocenters. The number of likely N-dealkylation sites (tertiary alicyclic amines) is 1. The number of hydrogen-bond donors (Lipinski definition) is 1. The molecule has 1 amide bonds. The van der Waals surface area contributed by atoms with Gasteiger partial charge in [0.15, 0.2) is 5.78 Å². The van der Waals surface area contributed by atoms with E-state index in [1.165, 1.54) is 6.42 Å². The van der Waals surface area contributed by atoms with Crippen molar-refractivity contribution in [1.29, 1.82) is 0 Å². The maximum atomic E-state index is 12.3. The van der Waals surface area contributed by atoms with Gasteiger partial charge in [0.1, 0.15) is 0 Å². The summed E-state index contributed by atoms with van der Waals surface area (Å²) in [6.45, 7) is 1.59. The number of nitrogens with zero attached hydrogens (tertiary/aromatic N) is 1. The van der Waals surface area contributed by atoms with E-state index in [9.17, 15) is 9.59 Å². The van der Waals surface area contributed by atoms with E-state index >= 15 is 0 Å². The molecular formula is C17H22Cl2N2O2. The number of ketones is 1. The number of benzene rings is 1. The van der Waals surface area contributed by atoms with Gasteiger partial charge in [-0.05, 0) is 43.5 Å². The van der Waals surface area contributed by atoms with Crippen LogP contribution in [0.3, 0.4) is 0 Å². The lowest BCUT2D eigenvalue weighted by Crippen LogP contribution is -2.39. The predicted octanol–water partition coefficient (Wildman–Crippen LogP) is 3.08. The van der Waals surface area contributed by atoms with Gasteiger partial charge in [-0.15, -0.1) is 12.4 Å². The van der Waals surface area contributed by atoms with Crippen LogP contribution in [0.15, 0.2) is 24.3 Å². The van der Waals surface area contributed by atoms with Crippen molar-refractivity contribution in [2.24, 2.45) is 0 Å². The van der Waals surface area contributed by atoms with Gasteiger partial charge in [0.25, 0.3) is 0 Å². The molecule has 1 N–H and O–H groups in total. The minimum atomic E-state index is -0.000478. The summed E-state index contributed by atoms with van der Waals surface area (Å²) in [7, 11) is 0. The lowest BCUT2D eigenvalue weighted by atomic mass is 10.1. The summed E-state index contributed by atoms with van der Waals surface area (Å²) in [5, 5.41) is 4.17. The molecule has 2 atom stereocenters. The summed E-state index contributed by atoms with van der Waals surface area (Å²) in [5.41, 5.74) is 0.619. The SMILES string of the molecule is Cl.O=C(CCC(=O)N1CCC2CCC(C1)N2)c1ccc(Cl)cc1. The highest BCUT2D eigenvalue weighted by Gasteiger charge is 2.30. The third-order valence-electron chi connectivity index (χ3n) is 4.61. The Morgan fingerprint density at radius 3 is 2.52 bits per heavy atom. The Kier molecular flexibility index (Phi) is 6.45. The molecule has 1 aromatic carbocycles. The summed E-state index contributed by atoms with van der Waals surface area (Å²) >= 11 is 5.81. The maximum absolute atomic E-state index is 12.3. The van der Waals surface area contributed by atoms with Crippen molar-refractivity contribution < 1.29 is 9.59 Å². The Morgan fingerprint density at radius 2 is 1.78 bits per heavy atom. The fourth-order valence-electron chi connectivity index (χ4n) is 3.33. The van der Waals surface area contributed by atoms with Crippen molar-refractivity contribution in [3.8, 4) is 0 Å². The highest BCUT2D eigenvalue weighted by Crippen LogP contribution is 2.21. The van der Waals surface area contributed by atoms with Crippen LogP contribution in [0.4, 0.5) is 0 Å². The molecule has 126 valence electrons. The van der Waals surface area contributed by atoms with Gasteiger partial charge in [-0.25, -0.2) is 0 Å². The molecule has 6 heteroatoms. The summed E-state index contributed by atoms with van der Waals surface area (Å²) in [6, 6.07) is 7.83. The standard InChI is InChI=1S/C17H21ClN2O2.ClH/c18-13-3-1-12(2-4-13)16(21)7-8-17(22)20-10-9-14-5-6-15(11-20)19-14;/h1-4,14-15,19H,5-11H2;1H. The van der Waals surface area contributed by atoms with Crippen LogP contribution in [0.5, 0.6) is 0 Å². The lowest BCUT2D eigenvalue weighted by molar-refractivity contribution is -0.131. The smallest absolute Gasteiger partial charge is 0.223 e. The summed E-state index contributed by atoms with van der Waals surface area (Å²) in [5.74, 6) is 0.0937. The molecule has 0 saturated carbocycles. The minimum absolute atomic E-state index is 0. The highest BCUT2D eigenvalue weighted by atomic mass is 35.5. The van der Waals surface area contributed by atoms with Crippen molar-refractivity contribution >= 4 is 35.7 Å². The fourth-order valence-corrected chi connectivity index (χ4v) is 3.45. The van der Waals surface area contributed by atoms with Crippen molar-refractivity contribution in [1.82, 2.24) is 10.2 Å². The number of rotatable bonds is 4. The van der Waals surface area contributed by atoms with Crippen LogP contribution in [0.2, 0.25) is 5.02 Å². The van der Waals surface area contributed by atoms with Crippen LogP contribution < -0.4 is 5.32 Å². The molecule has 1 aromatic rings. The first-order valence-electron chi connectivity index (χ1n) is 7.94. The molecule has 0 aliphatic carbocycles. The van der Waals surface area contributed by atoms with E-state index in [0.717, 1.165) is 25.9 Å². The summed E-state index contributed by atoms with van der Waals surface area (Å²) in [4.78, 5) is 26.4. The molecule has 2 fully saturated rings. The molecule has 2 bridgehead atoms. The van der Waals surface area contributed by atoms with Crippen LogP contribution in [0.25, 0.3) is 0 Å². The number of fused-ring (bicyclic) bond motifs is 2. The van der Waals surface area contributed by atoms with Gasteiger partial charge in [-0.1, -0.05) is 11.6 Å². The highest BCUT2D eigenvalue weighted by molar-refractivity contribution is 6.30. The second kappa shape index (κ2) is 8.13. The molecule has 0 radical (unpaired) electrons. The topological polar surface area (TPSA) is 49.4 Å². The van der Waals surface area contributed by atoms with Crippen molar-refractivity contribution in [3.05, 3.63) is 34.9 Å². The number of Topliss-reactive ketones (excluding diaryl/α,β-unsaturated/α-hetero) is 1. The quantitative estimate of drug-likeness (QED) is 0.843. The van der Waals surface area contributed by atoms with Crippen LogP contribution in [-0.4, -0.2) is 41.8 Å². The molecule has 2 saturated heterocycles. The molecule has 2 aliphatic rings. The maximum Gasteiger partial charge on any atom is 0.223 e. The molecule has 3 rings (SSSR count). The molecule has 2 heterocycles. The van der Waals surface area contributed by atoms with Gasteiger partial charge in [0.05, 0.1) is 0 Å². The third-order valence-corrected chi connectivity index (χ3v) is 4.86. The third kappa shape index (κ3) is 4.69.